The minimum atomic E-state index is -0.529. The van der Waals surface area contributed by atoms with Crippen LogP contribution < -0.4 is 5.73 Å². The van der Waals surface area contributed by atoms with Gasteiger partial charge in [0.25, 0.3) is 0 Å². The zero-order valence-electron chi connectivity index (χ0n) is 13.3. The fourth-order valence-corrected chi connectivity index (χ4v) is 3.07. The smallest absolute Gasteiger partial charge is 0.244 e. The normalized spacial score (nSPS) is 17.1. The van der Waals surface area contributed by atoms with Gasteiger partial charge in [-0.15, -0.1) is 0 Å². The molecule has 0 bridgehead atoms. The molecule has 1 saturated carbocycles. The number of hydrogen-bond acceptors (Lipinski definition) is 2. The number of amides is 1. The molecule has 1 aromatic carbocycles. The zero-order valence-corrected chi connectivity index (χ0v) is 13.3. The molecule has 1 aromatic rings. The van der Waals surface area contributed by atoms with Crippen molar-refractivity contribution < 1.29 is 4.79 Å². The Morgan fingerprint density at radius 3 is 2.43 bits per heavy atom. The number of hydrogen-bond donors (Lipinski definition) is 1. The standard InChI is InChI=1S/C18H28N2O/c1-14(2)12-13-20(16-10-6-7-11-16)18(21)17(19)15-8-4-3-5-9-15/h3-5,8-9,14,16-17H,6-7,10-13,19H2,1-2H3. The molecular weight excluding hydrogens is 260 g/mol. The second kappa shape index (κ2) is 7.60. The lowest BCUT2D eigenvalue weighted by atomic mass is 10.0. The largest absolute Gasteiger partial charge is 0.338 e. The Bertz CT molecular complexity index is 438. The van der Waals surface area contributed by atoms with E-state index in [1.807, 2.05) is 30.3 Å². The van der Waals surface area contributed by atoms with E-state index in [9.17, 15) is 4.79 Å². The average Bonchev–Trinajstić information content (AvgIpc) is 3.01. The first-order chi connectivity index (χ1) is 10.1. The van der Waals surface area contributed by atoms with Gasteiger partial charge in [0.05, 0.1) is 0 Å². The minimum absolute atomic E-state index is 0.0914. The van der Waals surface area contributed by atoms with E-state index in [0.29, 0.717) is 12.0 Å². The Kier molecular flexibility index (Phi) is 5.80. The van der Waals surface area contributed by atoms with Crippen LogP contribution in [0.1, 0.15) is 57.6 Å². The molecule has 0 radical (unpaired) electrons. The van der Waals surface area contributed by atoms with Crippen molar-refractivity contribution in [3.63, 3.8) is 0 Å². The molecule has 1 atom stereocenters. The topological polar surface area (TPSA) is 46.3 Å². The van der Waals surface area contributed by atoms with Gasteiger partial charge in [-0.3, -0.25) is 4.79 Å². The summed E-state index contributed by atoms with van der Waals surface area (Å²) in [5.41, 5.74) is 7.13. The highest BCUT2D eigenvalue weighted by Gasteiger charge is 2.30. The maximum absolute atomic E-state index is 12.8. The first kappa shape index (κ1) is 16.0. The molecule has 1 unspecified atom stereocenters. The Morgan fingerprint density at radius 1 is 1.24 bits per heavy atom. The maximum Gasteiger partial charge on any atom is 0.244 e. The number of nitrogens with two attached hydrogens (primary N) is 1. The first-order valence-corrected chi connectivity index (χ1v) is 8.20. The number of carbonyl (C=O) groups is 1. The molecule has 0 aromatic heterocycles. The number of nitrogens with zero attached hydrogens (tertiary/aromatic N) is 1. The van der Waals surface area contributed by atoms with Gasteiger partial charge < -0.3 is 10.6 Å². The lowest BCUT2D eigenvalue weighted by Crippen LogP contribution is -2.44. The average molecular weight is 288 g/mol. The van der Waals surface area contributed by atoms with Crippen molar-refractivity contribution in [2.24, 2.45) is 11.7 Å². The van der Waals surface area contributed by atoms with Crippen molar-refractivity contribution in [3.8, 4) is 0 Å². The van der Waals surface area contributed by atoms with Gasteiger partial charge in [-0.25, -0.2) is 0 Å². The monoisotopic (exact) mass is 288 g/mol. The fraction of sp³-hybridized carbons (Fsp3) is 0.611. The van der Waals surface area contributed by atoms with Gasteiger partial charge in [-0.1, -0.05) is 57.0 Å². The summed E-state index contributed by atoms with van der Waals surface area (Å²) in [5, 5.41) is 0. The predicted molar refractivity (Wildman–Crippen MR) is 86.8 cm³/mol. The van der Waals surface area contributed by atoms with Crippen molar-refractivity contribution in [3.05, 3.63) is 35.9 Å². The van der Waals surface area contributed by atoms with Crippen LogP contribution in [0.25, 0.3) is 0 Å². The van der Waals surface area contributed by atoms with E-state index >= 15 is 0 Å². The van der Waals surface area contributed by atoms with Gasteiger partial charge in [0.15, 0.2) is 0 Å². The molecular formula is C18H28N2O. The molecule has 1 amide bonds. The summed E-state index contributed by atoms with van der Waals surface area (Å²) in [6.07, 6.45) is 5.77. The second-order valence-electron chi connectivity index (χ2n) is 6.54. The van der Waals surface area contributed by atoms with E-state index in [1.54, 1.807) is 0 Å². The van der Waals surface area contributed by atoms with Gasteiger partial charge in [0.1, 0.15) is 6.04 Å². The van der Waals surface area contributed by atoms with Crippen molar-refractivity contribution in [1.29, 1.82) is 0 Å². The first-order valence-electron chi connectivity index (χ1n) is 8.20. The molecule has 21 heavy (non-hydrogen) atoms. The van der Waals surface area contributed by atoms with Crippen molar-refractivity contribution in [2.75, 3.05) is 6.54 Å². The van der Waals surface area contributed by atoms with Crippen molar-refractivity contribution in [2.45, 2.75) is 58.0 Å². The lowest BCUT2D eigenvalue weighted by molar-refractivity contribution is -0.135. The van der Waals surface area contributed by atoms with Crippen LogP contribution in [0, 0.1) is 5.92 Å². The van der Waals surface area contributed by atoms with Crippen LogP contribution in [-0.4, -0.2) is 23.4 Å². The SMILES string of the molecule is CC(C)CCN(C(=O)C(N)c1ccccc1)C1CCCC1. The van der Waals surface area contributed by atoms with E-state index in [2.05, 4.69) is 18.7 Å². The highest BCUT2D eigenvalue weighted by atomic mass is 16.2. The van der Waals surface area contributed by atoms with E-state index in [-0.39, 0.29) is 5.91 Å². The molecule has 2 rings (SSSR count). The Balaban J connectivity index is 2.09. The molecule has 3 heteroatoms. The third-order valence-corrected chi connectivity index (χ3v) is 4.42. The fourth-order valence-electron chi connectivity index (χ4n) is 3.07. The molecule has 1 aliphatic carbocycles. The van der Waals surface area contributed by atoms with Crippen LogP contribution in [-0.2, 0) is 4.79 Å². The molecule has 0 aliphatic heterocycles. The Labute approximate surface area is 128 Å². The zero-order chi connectivity index (χ0) is 15.2. The van der Waals surface area contributed by atoms with Crippen molar-refractivity contribution >= 4 is 5.91 Å². The molecule has 0 heterocycles. The van der Waals surface area contributed by atoms with Crippen molar-refractivity contribution in [1.82, 2.24) is 4.90 Å². The van der Waals surface area contributed by atoms with Crippen LogP contribution in [0.2, 0.25) is 0 Å². The molecule has 0 spiro atoms. The summed E-state index contributed by atoms with van der Waals surface area (Å²) in [6.45, 7) is 5.24. The summed E-state index contributed by atoms with van der Waals surface area (Å²) in [7, 11) is 0. The summed E-state index contributed by atoms with van der Waals surface area (Å²) in [4.78, 5) is 14.9. The van der Waals surface area contributed by atoms with Crippen LogP contribution in [0.3, 0.4) is 0 Å². The third-order valence-electron chi connectivity index (χ3n) is 4.42. The third kappa shape index (κ3) is 4.31. The summed E-state index contributed by atoms with van der Waals surface area (Å²) >= 11 is 0. The summed E-state index contributed by atoms with van der Waals surface area (Å²) in [5.74, 6) is 0.698. The summed E-state index contributed by atoms with van der Waals surface area (Å²) < 4.78 is 0. The molecule has 3 nitrogen and oxygen atoms in total. The summed E-state index contributed by atoms with van der Waals surface area (Å²) in [6, 6.07) is 9.58. The quantitative estimate of drug-likeness (QED) is 0.870. The van der Waals surface area contributed by atoms with Crippen LogP contribution in [0.15, 0.2) is 30.3 Å². The van der Waals surface area contributed by atoms with Gasteiger partial charge in [-0.2, -0.15) is 0 Å². The lowest BCUT2D eigenvalue weighted by Gasteiger charge is -2.32. The van der Waals surface area contributed by atoms with Gasteiger partial charge >= 0.3 is 0 Å². The number of rotatable bonds is 6. The second-order valence-corrected chi connectivity index (χ2v) is 6.54. The van der Waals surface area contributed by atoms with Gasteiger partial charge in [-0.05, 0) is 30.7 Å². The van der Waals surface area contributed by atoms with E-state index in [0.717, 1.165) is 31.4 Å². The molecule has 1 fully saturated rings. The van der Waals surface area contributed by atoms with Crippen LogP contribution in [0.5, 0.6) is 0 Å². The number of benzene rings is 1. The van der Waals surface area contributed by atoms with E-state index < -0.39 is 6.04 Å². The van der Waals surface area contributed by atoms with E-state index in [1.165, 1.54) is 12.8 Å². The minimum Gasteiger partial charge on any atom is -0.338 e. The van der Waals surface area contributed by atoms with Crippen LogP contribution in [0.4, 0.5) is 0 Å². The number of carbonyl (C=O) groups excluding carboxylic acids is 1. The molecule has 2 N–H and O–H groups in total. The van der Waals surface area contributed by atoms with Crippen LogP contribution >= 0.6 is 0 Å². The van der Waals surface area contributed by atoms with Gasteiger partial charge in [0, 0.05) is 12.6 Å². The van der Waals surface area contributed by atoms with Gasteiger partial charge in [0.2, 0.25) is 5.91 Å². The highest BCUT2D eigenvalue weighted by molar-refractivity contribution is 5.83. The molecule has 1 aliphatic rings. The Hall–Kier alpha value is -1.35. The maximum atomic E-state index is 12.8. The molecule has 116 valence electrons. The highest BCUT2D eigenvalue weighted by Crippen LogP contribution is 2.26. The Morgan fingerprint density at radius 2 is 1.86 bits per heavy atom. The van der Waals surface area contributed by atoms with E-state index in [4.69, 9.17) is 5.73 Å². The molecule has 0 saturated heterocycles. The predicted octanol–water partition coefficient (Wildman–Crippen LogP) is 3.50.